The van der Waals surface area contributed by atoms with Crippen LogP contribution in [0.3, 0.4) is 0 Å². The topological polar surface area (TPSA) is 58.0 Å². The van der Waals surface area contributed by atoms with Gasteiger partial charge in [0.05, 0.1) is 25.5 Å². The first-order chi connectivity index (χ1) is 10.3. The first kappa shape index (κ1) is 13.1. The first-order valence-electron chi connectivity index (χ1n) is 6.51. The minimum Gasteiger partial charge on any atom is -0.497 e. The van der Waals surface area contributed by atoms with Crippen molar-refractivity contribution in [1.29, 1.82) is 5.26 Å². The average molecular weight is 278 g/mol. The Kier molecular flexibility index (Phi) is 3.25. The summed E-state index contributed by atoms with van der Waals surface area (Å²) in [5, 5.41) is 10.4. The van der Waals surface area contributed by atoms with E-state index < -0.39 is 0 Å². The van der Waals surface area contributed by atoms with Crippen LogP contribution < -0.4 is 9.47 Å². The van der Waals surface area contributed by atoms with E-state index >= 15 is 0 Å². The molecule has 0 radical (unpaired) electrons. The Morgan fingerprint density at radius 3 is 2.57 bits per heavy atom. The molecule has 1 N–H and O–H groups in total. The number of aromatic amines is 1. The van der Waals surface area contributed by atoms with Crippen molar-refractivity contribution in [2.45, 2.75) is 0 Å². The summed E-state index contributed by atoms with van der Waals surface area (Å²) in [7, 11) is 3.22. The van der Waals surface area contributed by atoms with Crippen LogP contribution in [0.5, 0.6) is 11.5 Å². The average Bonchev–Trinajstić information content (AvgIpc) is 2.92. The normalized spacial score (nSPS) is 10.3. The second kappa shape index (κ2) is 5.22. The lowest BCUT2D eigenvalue weighted by atomic mass is 10.0. The zero-order valence-electron chi connectivity index (χ0n) is 11.8. The molecule has 0 amide bonds. The van der Waals surface area contributed by atoms with E-state index in [9.17, 15) is 5.26 Å². The van der Waals surface area contributed by atoms with Gasteiger partial charge in [-0.3, -0.25) is 0 Å². The summed E-state index contributed by atoms with van der Waals surface area (Å²) in [6.45, 7) is 0. The fourth-order valence-electron chi connectivity index (χ4n) is 2.47. The largest absolute Gasteiger partial charge is 0.497 e. The van der Waals surface area contributed by atoms with Gasteiger partial charge in [-0.05, 0) is 24.3 Å². The van der Waals surface area contributed by atoms with Crippen LogP contribution in [0.4, 0.5) is 0 Å². The SMILES string of the molecule is COc1ccc(OC)c(-c2[nH]c3ccccc3c2C#N)c1. The van der Waals surface area contributed by atoms with Crippen molar-refractivity contribution in [3.8, 4) is 28.8 Å². The molecule has 0 aliphatic heterocycles. The second-order valence-electron chi connectivity index (χ2n) is 4.60. The van der Waals surface area contributed by atoms with Crippen LogP contribution in [-0.4, -0.2) is 19.2 Å². The summed E-state index contributed by atoms with van der Waals surface area (Å²) in [4.78, 5) is 3.30. The number of hydrogen-bond acceptors (Lipinski definition) is 3. The van der Waals surface area contributed by atoms with Crippen LogP contribution in [-0.2, 0) is 0 Å². The molecule has 3 rings (SSSR count). The maximum absolute atomic E-state index is 9.51. The van der Waals surface area contributed by atoms with Gasteiger partial charge in [0.2, 0.25) is 0 Å². The number of nitrogens with zero attached hydrogens (tertiary/aromatic N) is 1. The molecule has 3 aromatic rings. The Morgan fingerprint density at radius 1 is 1.05 bits per heavy atom. The maximum atomic E-state index is 9.51. The smallest absolute Gasteiger partial charge is 0.128 e. The highest BCUT2D eigenvalue weighted by molar-refractivity contribution is 5.94. The number of hydrogen-bond donors (Lipinski definition) is 1. The predicted molar refractivity (Wildman–Crippen MR) is 81.6 cm³/mol. The molecule has 2 aromatic carbocycles. The molecular formula is C17H14N2O2. The zero-order valence-corrected chi connectivity index (χ0v) is 11.8. The van der Waals surface area contributed by atoms with Gasteiger partial charge in [-0.15, -0.1) is 0 Å². The van der Waals surface area contributed by atoms with E-state index in [1.165, 1.54) is 0 Å². The fraction of sp³-hybridized carbons (Fsp3) is 0.118. The van der Waals surface area contributed by atoms with Gasteiger partial charge in [-0.25, -0.2) is 0 Å². The molecule has 4 nitrogen and oxygen atoms in total. The van der Waals surface area contributed by atoms with Crippen molar-refractivity contribution in [3.05, 3.63) is 48.0 Å². The lowest BCUT2D eigenvalue weighted by molar-refractivity contribution is 0.404. The summed E-state index contributed by atoms with van der Waals surface area (Å²) in [6.07, 6.45) is 0. The maximum Gasteiger partial charge on any atom is 0.128 e. The van der Waals surface area contributed by atoms with Crippen LogP contribution >= 0.6 is 0 Å². The molecule has 0 spiro atoms. The number of benzene rings is 2. The van der Waals surface area contributed by atoms with Crippen molar-refractivity contribution in [1.82, 2.24) is 4.98 Å². The zero-order chi connectivity index (χ0) is 14.8. The van der Waals surface area contributed by atoms with E-state index in [-0.39, 0.29) is 0 Å². The Morgan fingerprint density at radius 2 is 1.86 bits per heavy atom. The molecule has 0 bridgehead atoms. The van der Waals surface area contributed by atoms with Crippen LogP contribution in [0, 0.1) is 11.3 Å². The minimum absolute atomic E-state index is 0.608. The molecule has 0 fully saturated rings. The van der Waals surface area contributed by atoms with Gasteiger partial charge in [0.15, 0.2) is 0 Å². The number of ether oxygens (including phenoxy) is 2. The third-order valence-corrected chi connectivity index (χ3v) is 3.49. The van der Waals surface area contributed by atoms with Crippen LogP contribution in [0.1, 0.15) is 5.56 Å². The van der Waals surface area contributed by atoms with Gasteiger partial charge in [0.25, 0.3) is 0 Å². The predicted octanol–water partition coefficient (Wildman–Crippen LogP) is 3.72. The molecule has 0 atom stereocenters. The number of aromatic nitrogens is 1. The van der Waals surface area contributed by atoms with Gasteiger partial charge in [-0.1, -0.05) is 18.2 Å². The lowest BCUT2D eigenvalue weighted by Gasteiger charge is -2.09. The van der Waals surface area contributed by atoms with Crippen LogP contribution in [0.2, 0.25) is 0 Å². The highest BCUT2D eigenvalue weighted by atomic mass is 16.5. The summed E-state index contributed by atoms with van der Waals surface area (Å²) >= 11 is 0. The standard InChI is InChI=1S/C17H14N2O2/c1-20-11-7-8-16(21-2)13(9-11)17-14(10-18)12-5-3-4-6-15(12)19-17/h3-9,19H,1-2H3. The molecule has 0 saturated heterocycles. The molecule has 0 aliphatic rings. The Balaban J connectivity index is 2.32. The van der Waals surface area contributed by atoms with Crippen LogP contribution in [0.25, 0.3) is 22.2 Å². The molecule has 0 unspecified atom stereocenters. The number of nitrogens with one attached hydrogen (secondary N) is 1. The molecular weight excluding hydrogens is 264 g/mol. The van der Waals surface area contributed by atoms with Crippen molar-refractivity contribution < 1.29 is 9.47 Å². The van der Waals surface area contributed by atoms with Crippen molar-refractivity contribution in [2.24, 2.45) is 0 Å². The number of fused-ring (bicyclic) bond motifs is 1. The highest BCUT2D eigenvalue weighted by Gasteiger charge is 2.16. The van der Waals surface area contributed by atoms with E-state index in [4.69, 9.17) is 9.47 Å². The number of nitriles is 1. The molecule has 1 aromatic heterocycles. The molecule has 104 valence electrons. The summed E-state index contributed by atoms with van der Waals surface area (Å²) in [5.41, 5.74) is 3.09. The molecule has 1 heterocycles. The third kappa shape index (κ3) is 2.09. The fourth-order valence-corrected chi connectivity index (χ4v) is 2.47. The number of para-hydroxylation sites is 1. The molecule has 21 heavy (non-hydrogen) atoms. The summed E-state index contributed by atoms with van der Waals surface area (Å²) in [5.74, 6) is 1.41. The van der Waals surface area contributed by atoms with Gasteiger partial charge < -0.3 is 14.5 Å². The summed E-state index contributed by atoms with van der Waals surface area (Å²) in [6, 6.07) is 15.5. The van der Waals surface area contributed by atoms with Gasteiger partial charge in [-0.2, -0.15) is 5.26 Å². The molecule has 4 heteroatoms. The lowest BCUT2D eigenvalue weighted by Crippen LogP contribution is -1.91. The first-order valence-corrected chi connectivity index (χ1v) is 6.51. The minimum atomic E-state index is 0.608. The number of H-pyrrole nitrogens is 1. The van der Waals surface area contributed by atoms with Crippen molar-refractivity contribution in [3.63, 3.8) is 0 Å². The van der Waals surface area contributed by atoms with Crippen molar-refractivity contribution in [2.75, 3.05) is 14.2 Å². The van der Waals surface area contributed by atoms with Crippen LogP contribution in [0.15, 0.2) is 42.5 Å². The van der Waals surface area contributed by atoms with E-state index in [0.29, 0.717) is 17.1 Å². The molecule has 0 aliphatic carbocycles. The van der Waals surface area contributed by atoms with E-state index in [1.54, 1.807) is 14.2 Å². The monoisotopic (exact) mass is 278 g/mol. The third-order valence-electron chi connectivity index (χ3n) is 3.49. The quantitative estimate of drug-likeness (QED) is 0.794. The van der Waals surface area contributed by atoms with Gasteiger partial charge in [0.1, 0.15) is 17.6 Å². The number of rotatable bonds is 3. The molecule has 0 saturated carbocycles. The number of methoxy groups -OCH3 is 2. The summed E-state index contributed by atoms with van der Waals surface area (Å²) < 4.78 is 10.7. The Labute approximate surface area is 122 Å². The van der Waals surface area contributed by atoms with Crippen molar-refractivity contribution >= 4 is 10.9 Å². The van der Waals surface area contributed by atoms with E-state index in [1.807, 2.05) is 42.5 Å². The highest BCUT2D eigenvalue weighted by Crippen LogP contribution is 2.37. The Bertz CT molecular complexity index is 844. The van der Waals surface area contributed by atoms with Gasteiger partial charge >= 0.3 is 0 Å². The van der Waals surface area contributed by atoms with Gasteiger partial charge in [0, 0.05) is 16.5 Å². The van der Waals surface area contributed by atoms with E-state index in [2.05, 4.69) is 11.1 Å². The second-order valence-corrected chi connectivity index (χ2v) is 4.60. The Hall–Kier alpha value is -2.93. The van der Waals surface area contributed by atoms with E-state index in [0.717, 1.165) is 22.2 Å².